The number of aromatic nitrogens is 2. The molecule has 0 aliphatic carbocycles. The van der Waals surface area contributed by atoms with Gasteiger partial charge in [-0.25, -0.2) is 4.98 Å². The third kappa shape index (κ3) is 4.71. The number of amides is 1. The fourth-order valence-corrected chi connectivity index (χ4v) is 3.94. The lowest BCUT2D eigenvalue weighted by atomic mass is 10.2. The molecule has 8 heteroatoms. The lowest BCUT2D eigenvalue weighted by Crippen LogP contribution is -2.29. The van der Waals surface area contributed by atoms with Crippen molar-refractivity contribution in [1.82, 2.24) is 19.9 Å². The Hall–Kier alpha value is -3.00. The van der Waals surface area contributed by atoms with Gasteiger partial charge in [0.2, 0.25) is 0 Å². The van der Waals surface area contributed by atoms with E-state index in [4.69, 9.17) is 4.42 Å². The highest BCUT2D eigenvalue weighted by atomic mass is 32.2. The zero-order valence-electron chi connectivity index (χ0n) is 16.4. The third-order valence-electron chi connectivity index (χ3n) is 4.70. The number of carbonyl (C=O) groups excluding carboxylic acids is 1. The molecular formula is C21H23N5O2S. The number of aryl methyl sites for hydroxylation is 1. The van der Waals surface area contributed by atoms with Gasteiger partial charge >= 0.3 is 0 Å². The van der Waals surface area contributed by atoms with Crippen LogP contribution in [0.3, 0.4) is 0 Å². The standard InChI is InChI=1S/C21H23N5O2S/c1-15-12-19(24-26(15)13-16-6-4-3-5-7-16)23-20(27)18-9-8-17(28-18)14-29-21-22-10-11-25(21)2/h3-11,15H,12-14H2,1-2H3,(H,23,24,27)/t15-/m1/s1. The fourth-order valence-electron chi connectivity index (χ4n) is 3.11. The Morgan fingerprint density at radius 3 is 2.86 bits per heavy atom. The van der Waals surface area contributed by atoms with E-state index >= 15 is 0 Å². The van der Waals surface area contributed by atoms with Crippen LogP contribution in [0, 0.1) is 0 Å². The Balaban J connectivity index is 1.34. The molecule has 7 nitrogen and oxygen atoms in total. The molecule has 0 saturated heterocycles. The van der Waals surface area contributed by atoms with Crippen LogP contribution < -0.4 is 5.32 Å². The third-order valence-corrected chi connectivity index (χ3v) is 5.78. The zero-order valence-corrected chi connectivity index (χ0v) is 17.2. The van der Waals surface area contributed by atoms with Crippen LogP contribution in [0.1, 0.15) is 35.2 Å². The summed E-state index contributed by atoms with van der Waals surface area (Å²) in [6.07, 6.45) is 4.35. The van der Waals surface area contributed by atoms with Crippen molar-refractivity contribution in [2.24, 2.45) is 12.1 Å². The molecule has 29 heavy (non-hydrogen) atoms. The Kier molecular flexibility index (Phi) is 5.71. The second kappa shape index (κ2) is 8.57. The molecule has 0 unspecified atom stereocenters. The van der Waals surface area contributed by atoms with E-state index in [1.807, 2.05) is 47.1 Å². The summed E-state index contributed by atoms with van der Waals surface area (Å²) >= 11 is 1.56. The van der Waals surface area contributed by atoms with Gasteiger partial charge in [-0.3, -0.25) is 9.80 Å². The van der Waals surface area contributed by atoms with Crippen molar-refractivity contribution in [2.75, 3.05) is 0 Å². The van der Waals surface area contributed by atoms with E-state index in [0.717, 1.165) is 17.5 Å². The highest BCUT2D eigenvalue weighted by molar-refractivity contribution is 7.98. The molecule has 3 heterocycles. The van der Waals surface area contributed by atoms with E-state index in [2.05, 4.69) is 34.5 Å². The van der Waals surface area contributed by atoms with Crippen LogP contribution in [0.4, 0.5) is 0 Å². The number of benzene rings is 1. The minimum absolute atomic E-state index is 0.229. The van der Waals surface area contributed by atoms with Crippen LogP contribution in [-0.4, -0.2) is 32.3 Å². The van der Waals surface area contributed by atoms with Gasteiger partial charge in [0.05, 0.1) is 18.3 Å². The smallest absolute Gasteiger partial charge is 0.292 e. The number of amidine groups is 1. The summed E-state index contributed by atoms with van der Waals surface area (Å²) in [5, 5.41) is 10.4. The molecular weight excluding hydrogens is 386 g/mol. The Labute approximate surface area is 173 Å². The minimum atomic E-state index is -0.272. The Morgan fingerprint density at radius 2 is 2.10 bits per heavy atom. The van der Waals surface area contributed by atoms with E-state index in [-0.39, 0.29) is 17.7 Å². The van der Waals surface area contributed by atoms with Crippen molar-refractivity contribution < 1.29 is 9.21 Å². The maximum atomic E-state index is 12.5. The molecule has 1 aliphatic rings. The number of nitrogens with zero attached hydrogens (tertiary/aromatic N) is 4. The van der Waals surface area contributed by atoms with Crippen LogP contribution in [0.2, 0.25) is 0 Å². The first-order chi connectivity index (χ1) is 14.1. The van der Waals surface area contributed by atoms with Gasteiger partial charge in [0, 0.05) is 25.9 Å². The minimum Gasteiger partial charge on any atom is -0.455 e. The second-order valence-corrected chi connectivity index (χ2v) is 7.95. The van der Waals surface area contributed by atoms with Gasteiger partial charge in [0.25, 0.3) is 5.91 Å². The molecule has 1 atom stereocenters. The van der Waals surface area contributed by atoms with Crippen LogP contribution in [0.15, 0.2) is 69.5 Å². The number of nitrogens with one attached hydrogen (secondary N) is 1. The number of thioether (sulfide) groups is 1. The molecule has 1 aliphatic heterocycles. The summed E-state index contributed by atoms with van der Waals surface area (Å²) in [5.74, 6) is 2.03. The average molecular weight is 410 g/mol. The van der Waals surface area contributed by atoms with Crippen LogP contribution in [0.25, 0.3) is 0 Å². The van der Waals surface area contributed by atoms with E-state index in [1.54, 1.807) is 24.0 Å². The number of furan rings is 1. The van der Waals surface area contributed by atoms with Gasteiger partial charge < -0.3 is 14.3 Å². The zero-order chi connectivity index (χ0) is 20.2. The normalized spacial score (nSPS) is 16.1. The number of carbonyl (C=O) groups is 1. The lowest BCUT2D eigenvalue weighted by molar-refractivity contribution is 0.0948. The number of hydrogen-bond acceptors (Lipinski definition) is 6. The van der Waals surface area contributed by atoms with Gasteiger partial charge in [-0.1, -0.05) is 42.1 Å². The van der Waals surface area contributed by atoms with E-state index in [9.17, 15) is 4.79 Å². The number of hydrogen-bond donors (Lipinski definition) is 1. The first-order valence-corrected chi connectivity index (χ1v) is 10.5. The van der Waals surface area contributed by atoms with E-state index in [1.165, 1.54) is 5.56 Å². The number of rotatable bonds is 6. The van der Waals surface area contributed by atoms with Crippen molar-refractivity contribution >= 4 is 23.5 Å². The van der Waals surface area contributed by atoms with Crippen molar-refractivity contribution in [3.63, 3.8) is 0 Å². The summed E-state index contributed by atoms with van der Waals surface area (Å²) in [7, 11) is 1.95. The summed E-state index contributed by atoms with van der Waals surface area (Å²) < 4.78 is 7.65. The molecule has 0 saturated carbocycles. The van der Waals surface area contributed by atoms with Crippen molar-refractivity contribution in [2.45, 2.75) is 36.8 Å². The van der Waals surface area contributed by atoms with Gasteiger partial charge in [-0.15, -0.1) is 0 Å². The summed E-state index contributed by atoms with van der Waals surface area (Å²) in [6, 6.07) is 13.9. The second-order valence-electron chi connectivity index (χ2n) is 7.01. The number of hydrazone groups is 1. The molecule has 4 rings (SSSR count). The van der Waals surface area contributed by atoms with Gasteiger partial charge in [0.15, 0.2) is 10.9 Å². The maximum absolute atomic E-state index is 12.5. The summed E-state index contributed by atoms with van der Waals surface area (Å²) in [6.45, 7) is 2.82. The van der Waals surface area contributed by atoms with Crippen molar-refractivity contribution in [3.8, 4) is 0 Å². The average Bonchev–Trinajstić information content (AvgIpc) is 3.42. The molecule has 0 spiro atoms. The van der Waals surface area contributed by atoms with Crippen LogP contribution >= 0.6 is 11.8 Å². The molecule has 2 aromatic heterocycles. The maximum Gasteiger partial charge on any atom is 0.292 e. The summed E-state index contributed by atoms with van der Waals surface area (Å²) in [5.41, 5.74) is 1.19. The predicted molar refractivity (Wildman–Crippen MR) is 112 cm³/mol. The van der Waals surface area contributed by atoms with E-state index in [0.29, 0.717) is 18.0 Å². The van der Waals surface area contributed by atoms with Gasteiger partial charge in [-0.05, 0) is 24.6 Å². The highest BCUT2D eigenvalue weighted by Crippen LogP contribution is 2.22. The van der Waals surface area contributed by atoms with Crippen LogP contribution in [0.5, 0.6) is 0 Å². The SMILES string of the molecule is C[C@@H]1CC(NC(=O)c2ccc(CSc3nccn3C)o2)=NN1Cc1ccccc1. The topological polar surface area (TPSA) is 75.7 Å². The Morgan fingerprint density at radius 1 is 1.28 bits per heavy atom. The summed E-state index contributed by atoms with van der Waals surface area (Å²) in [4.78, 5) is 16.8. The van der Waals surface area contributed by atoms with Crippen LogP contribution in [-0.2, 0) is 19.3 Å². The molecule has 1 aromatic carbocycles. The largest absolute Gasteiger partial charge is 0.455 e. The van der Waals surface area contributed by atoms with Gasteiger partial charge in [0.1, 0.15) is 11.6 Å². The predicted octanol–water partition coefficient (Wildman–Crippen LogP) is 3.64. The molecule has 0 bridgehead atoms. The molecule has 3 aromatic rings. The van der Waals surface area contributed by atoms with Gasteiger partial charge in [-0.2, -0.15) is 5.10 Å². The lowest BCUT2D eigenvalue weighted by Gasteiger charge is -2.19. The first kappa shape index (κ1) is 19.3. The van der Waals surface area contributed by atoms with Crippen molar-refractivity contribution in [1.29, 1.82) is 0 Å². The first-order valence-electron chi connectivity index (χ1n) is 9.46. The molecule has 150 valence electrons. The molecule has 0 fully saturated rings. The highest BCUT2D eigenvalue weighted by Gasteiger charge is 2.25. The fraction of sp³-hybridized carbons (Fsp3) is 0.286. The molecule has 1 amide bonds. The molecule has 1 N–H and O–H groups in total. The van der Waals surface area contributed by atoms with E-state index < -0.39 is 0 Å². The number of imidazole rings is 1. The Bertz CT molecular complexity index is 1010. The quantitative estimate of drug-likeness (QED) is 0.629. The monoisotopic (exact) mass is 409 g/mol. The van der Waals surface area contributed by atoms with Crippen molar-refractivity contribution in [3.05, 3.63) is 71.9 Å². The molecule has 0 radical (unpaired) electrons.